The van der Waals surface area contributed by atoms with E-state index in [1.165, 1.54) is 25.6 Å². The highest BCUT2D eigenvalue weighted by Crippen LogP contribution is 2.31. The van der Waals surface area contributed by atoms with Gasteiger partial charge in [-0.3, -0.25) is 14.4 Å². The van der Waals surface area contributed by atoms with Crippen LogP contribution in [0.4, 0.5) is 11.4 Å². The van der Waals surface area contributed by atoms with Gasteiger partial charge in [0.1, 0.15) is 0 Å². The van der Waals surface area contributed by atoms with Crippen LogP contribution in [0.15, 0.2) is 41.3 Å². The smallest absolute Gasteiger partial charge is 0.221 e. The Morgan fingerprint density at radius 2 is 1.65 bits per heavy atom. The molecular formula is C18H16Cl2N2O3S. The third-order valence-corrected chi connectivity index (χ3v) is 4.94. The summed E-state index contributed by atoms with van der Waals surface area (Å²) < 4.78 is 0. The zero-order valence-corrected chi connectivity index (χ0v) is 16.4. The molecule has 0 saturated carbocycles. The summed E-state index contributed by atoms with van der Waals surface area (Å²) in [5.41, 5.74) is 1.18. The van der Waals surface area contributed by atoms with Gasteiger partial charge in [-0.1, -0.05) is 23.2 Å². The summed E-state index contributed by atoms with van der Waals surface area (Å²) in [6.45, 7) is 2.72. The number of Topliss-reactive ketones (excluding diaryl/α,β-unsaturated/α-hetero) is 1. The molecule has 8 heteroatoms. The molecule has 0 aliphatic heterocycles. The molecule has 2 amide bonds. The van der Waals surface area contributed by atoms with Gasteiger partial charge in [-0.15, -0.1) is 11.8 Å². The number of thioether (sulfide) groups is 1. The highest BCUT2D eigenvalue weighted by molar-refractivity contribution is 8.00. The first-order chi connectivity index (χ1) is 12.3. The molecule has 5 nitrogen and oxygen atoms in total. The van der Waals surface area contributed by atoms with Gasteiger partial charge in [-0.2, -0.15) is 0 Å². The lowest BCUT2D eigenvalue weighted by atomic mass is 10.1. The zero-order valence-electron chi connectivity index (χ0n) is 14.1. The largest absolute Gasteiger partial charge is 0.326 e. The minimum atomic E-state index is -0.315. The Kier molecular flexibility index (Phi) is 7.08. The SMILES string of the molecule is CC(=O)Nc1ccc(C(=O)CSc2cc(Cl)ccc2Cl)c(NC(C)=O)c1. The van der Waals surface area contributed by atoms with Gasteiger partial charge in [0.05, 0.1) is 16.5 Å². The average molecular weight is 411 g/mol. The minimum Gasteiger partial charge on any atom is -0.326 e. The van der Waals surface area contributed by atoms with Crippen LogP contribution in [0.25, 0.3) is 0 Å². The van der Waals surface area contributed by atoms with Crippen molar-refractivity contribution >= 4 is 63.9 Å². The zero-order chi connectivity index (χ0) is 19.3. The highest BCUT2D eigenvalue weighted by Gasteiger charge is 2.15. The van der Waals surface area contributed by atoms with E-state index in [9.17, 15) is 14.4 Å². The molecule has 0 aliphatic carbocycles. The molecule has 0 heterocycles. The van der Waals surface area contributed by atoms with Crippen molar-refractivity contribution < 1.29 is 14.4 Å². The molecule has 0 unspecified atom stereocenters. The van der Waals surface area contributed by atoms with E-state index in [-0.39, 0.29) is 23.4 Å². The molecular weight excluding hydrogens is 395 g/mol. The van der Waals surface area contributed by atoms with Gasteiger partial charge >= 0.3 is 0 Å². The van der Waals surface area contributed by atoms with Crippen LogP contribution in [0, 0.1) is 0 Å². The Labute approximate surface area is 165 Å². The first-order valence-electron chi connectivity index (χ1n) is 7.56. The molecule has 0 aromatic heterocycles. The lowest BCUT2D eigenvalue weighted by molar-refractivity contribution is -0.115. The van der Waals surface area contributed by atoms with E-state index in [2.05, 4.69) is 10.6 Å². The molecule has 0 fully saturated rings. The van der Waals surface area contributed by atoms with E-state index in [4.69, 9.17) is 23.2 Å². The van der Waals surface area contributed by atoms with E-state index in [1.807, 2.05) is 0 Å². The number of carbonyl (C=O) groups excluding carboxylic acids is 3. The second kappa shape index (κ2) is 9.07. The molecule has 2 aromatic rings. The number of rotatable bonds is 6. The van der Waals surface area contributed by atoms with Crippen LogP contribution in [0.1, 0.15) is 24.2 Å². The number of hydrogen-bond acceptors (Lipinski definition) is 4. The molecule has 2 N–H and O–H groups in total. The lowest BCUT2D eigenvalue weighted by Gasteiger charge is -2.12. The van der Waals surface area contributed by atoms with Crippen LogP contribution in [-0.2, 0) is 9.59 Å². The number of nitrogens with one attached hydrogen (secondary N) is 2. The van der Waals surface area contributed by atoms with Crippen molar-refractivity contribution in [2.24, 2.45) is 0 Å². The molecule has 0 radical (unpaired) electrons. The van der Waals surface area contributed by atoms with Crippen molar-refractivity contribution in [2.75, 3.05) is 16.4 Å². The van der Waals surface area contributed by atoms with Crippen LogP contribution in [-0.4, -0.2) is 23.4 Å². The number of carbonyl (C=O) groups is 3. The number of halogens is 2. The van der Waals surface area contributed by atoms with E-state index < -0.39 is 0 Å². The molecule has 0 bridgehead atoms. The molecule has 0 spiro atoms. The molecule has 0 atom stereocenters. The fraction of sp³-hybridized carbons (Fsp3) is 0.167. The number of benzene rings is 2. The lowest BCUT2D eigenvalue weighted by Crippen LogP contribution is -2.14. The third kappa shape index (κ3) is 5.76. The maximum atomic E-state index is 12.6. The van der Waals surface area contributed by atoms with Crippen LogP contribution >= 0.6 is 35.0 Å². The predicted molar refractivity (Wildman–Crippen MR) is 107 cm³/mol. The maximum absolute atomic E-state index is 12.6. The van der Waals surface area contributed by atoms with Gasteiger partial charge in [0.15, 0.2) is 5.78 Å². The van der Waals surface area contributed by atoms with Crippen LogP contribution in [0.2, 0.25) is 10.0 Å². The van der Waals surface area contributed by atoms with E-state index >= 15 is 0 Å². The van der Waals surface area contributed by atoms with E-state index in [0.717, 1.165) is 0 Å². The van der Waals surface area contributed by atoms with Crippen LogP contribution < -0.4 is 10.6 Å². The Balaban J connectivity index is 2.22. The maximum Gasteiger partial charge on any atom is 0.221 e. The predicted octanol–water partition coefficient (Wildman–Crippen LogP) is 4.89. The van der Waals surface area contributed by atoms with E-state index in [1.54, 1.807) is 36.4 Å². The molecule has 0 aliphatic rings. The number of hydrogen-bond donors (Lipinski definition) is 2. The third-order valence-electron chi connectivity index (χ3n) is 3.20. The van der Waals surface area contributed by atoms with Crippen molar-refractivity contribution in [2.45, 2.75) is 18.7 Å². The fourth-order valence-corrected chi connectivity index (χ4v) is 3.55. The molecule has 2 aromatic carbocycles. The number of amides is 2. The fourth-order valence-electron chi connectivity index (χ4n) is 2.17. The summed E-state index contributed by atoms with van der Waals surface area (Å²) in [6, 6.07) is 9.76. The van der Waals surface area contributed by atoms with Gasteiger partial charge in [-0.25, -0.2) is 0 Å². The summed E-state index contributed by atoms with van der Waals surface area (Å²) in [6.07, 6.45) is 0. The standard InChI is InChI=1S/C18H16Cl2N2O3S/c1-10(23)21-13-4-5-14(16(8-13)22-11(2)24)17(25)9-26-18-7-12(19)3-6-15(18)20/h3-8H,9H2,1-2H3,(H,21,23)(H,22,24). The van der Waals surface area contributed by atoms with Gasteiger partial charge in [0, 0.05) is 35.0 Å². The minimum absolute atomic E-state index is 0.117. The van der Waals surface area contributed by atoms with Crippen LogP contribution in [0.3, 0.4) is 0 Å². The summed E-state index contributed by atoms with van der Waals surface area (Å²) in [4.78, 5) is 35.9. The number of anilines is 2. The van der Waals surface area contributed by atoms with Crippen molar-refractivity contribution in [1.29, 1.82) is 0 Å². The Morgan fingerprint density at radius 3 is 2.31 bits per heavy atom. The summed E-state index contributed by atoms with van der Waals surface area (Å²) in [7, 11) is 0. The van der Waals surface area contributed by atoms with Crippen LogP contribution in [0.5, 0.6) is 0 Å². The summed E-state index contributed by atoms with van der Waals surface area (Å²) in [5, 5.41) is 6.28. The Morgan fingerprint density at radius 1 is 0.962 bits per heavy atom. The quantitative estimate of drug-likeness (QED) is 0.525. The Hall–Kier alpha value is -2.02. The first kappa shape index (κ1) is 20.3. The molecule has 2 rings (SSSR count). The molecule has 0 saturated heterocycles. The molecule has 26 heavy (non-hydrogen) atoms. The van der Waals surface area contributed by atoms with Crippen molar-refractivity contribution in [3.05, 3.63) is 52.0 Å². The Bertz CT molecular complexity index is 872. The van der Waals surface area contributed by atoms with Gasteiger partial charge in [-0.05, 0) is 36.4 Å². The van der Waals surface area contributed by atoms with Gasteiger partial charge < -0.3 is 10.6 Å². The second-order valence-electron chi connectivity index (χ2n) is 5.41. The van der Waals surface area contributed by atoms with Crippen molar-refractivity contribution in [3.8, 4) is 0 Å². The van der Waals surface area contributed by atoms with Gasteiger partial charge in [0.25, 0.3) is 0 Å². The first-order valence-corrected chi connectivity index (χ1v) is 9.30. The number of ketones is 1. The van der Waals surface area contributed by atoms with Crippen molar-refractivity contribution in [1.82, 2.24) is 0 Å². The average Bonchev–Trinajstić information content (AvgIpc) is 2.54. The second-order valence-corrected chi connectivity index (χ2v) is 7.27. The normalized spacial score (nSPS) is 10.3. The highest BCUT2D eigenvalue weighted by atomic mass is 35.5. The van der Waals surface area contributed by atoms with Gasteiger partial charge in [0.2, 0.25) is 11.8 Å². The van der Waals surface area contributed by atoms with Crippen molar-refractivity contribution in [3.63, 3.8) is 0 Å². The molecule has 136 valence electrons. The topological polar surface area (TPSA) is 75.3 Å². The summed E-state index contributed by atoms with van der Waals surface area (Å²) in [5.74, 6) is -0.635. The van der Waals surface area contributed by atoms with E-state index in [0.29, 0.717) is 31.9 Å². The monoisotopic (exact) mass is 410 g/mol. The summed E-state index contributed by atoms with van der Waals surface area (Å²) >= 11 is 13.3.